The van der Waals surface area contributed by atoms with Crippen LogP contribution in [0.15, 0.2) is 48.8 Å². The van der Waals surface area contributed by atoms with Crippen molar-refractivity contribution in [3.05, 3.63) is 65.7 Å². The third-order valence-corrected chi connectivity index (χ3v) is 6.95. The Morgan fingerprint density at radius 1 is 0.938 bits per heavy atom. The standard InChI is InChI=1S/C25H27FN4O2/c26-20-5-3-18(4-6-20)24(31)30-14-9-19(10-15-30)25(32)29-12-7-17(8-13-29)22-16-28-23-21(22)2-1-11-27-23/h1-6,11,16-17,19H,7-10,12-15H2,(H,27,28). The monoisotopic (exact) mass is 434 g/mol. The summed E-state index contributed by atoms with van der Waals surface area (Å²) in [6.45, 7) is 2.66. The van der Waals surface area contributed by atoms with Crippen molar-refractivity contribution >= 4 is 22.8 Å². The fourth-order valence-electron chi connectivity index (χ4n) is 5.09. The van der Waals surface area contributed by atoms with Gasteiger partial charge in [0.2, 0.25) is 5.91 Å². The number of pyridine rings is 1. The zero-order valence-corrected chi connectivity index (χ0v) is 18.0. The first kappa shape index (κ1) is 20.7. The van der Waals surface area contributed by atoms with E-state index in [0.717, 1.165) is 31.6 Å². The van der Waals surface area contributed by atoms with E-state index in [-0.39, 0.29) is 23.5 Å². The summed E-state index contributed by atoms with van der Waals surface area (Å²) in [5.74, 6) is 0.187. The summed E-state index contributed by atoms with van der Waals surface area (Å²) in [6.07, 6.45) is 7.13. The predicted molar refractivity (Wildman–Crippen MR) is 120 cm³/mol. The Morgan fingerprint density at radius 3 is 2.34 bits per heavy atom. The second-order valence-electron chi connectivity index (χ2n) is 8.82. The number of nitrogens with one attached hydrogen (secondary N) is 1. The van der Waals surface area contributed by atoms with Crippen LogP contribution >= 0.6 is 0 Å². The molecular weight excluding hydrogens is 407 g/mol. The van der Waals surface area contributed by atoms with Crippen molar-refractivity contribution in [2.24, 2.45) is 5.92 Å². The second kappa shape index (κ2) is 8.73. The van der Waals surface area contributed by atoms with Crippen LogP contribution in [-0.2, 0) is 4.79 Å². The minimum atomic E-state index is -0.351. The van der Waals surface area contributed by atoms with Gasteiger partial charge in [0, 0.05) is 55.4 Å². The molecule has 1 aromatic carbocycles. The zero-order chi connectivity index (χ0) is 22.1. The van der Waals surface area contributed by atoms with Crippen LogP contribution in [0, 0.1) is 11.7 Å². The summed E-state index contributed by atoms with van der Waals surface area (Å²) in [7, 11) is 0. The number of aromatic amines is 1. The number of hydrogen-bond acceptors (Lipinski definition) is 3. The highest BCUT2D eigenvalue weighted by Crippen LogP contribution is 2.33. The molecule has 3 aromatic rings. The summed E-state index contributed by atoms with van der Waals surface area (Å²) in [5.41, 5.74) is 2.71. The van der Waals surface area contributed by atoms with Gasteiger partial charge in [0.25, 0.3) is 5.91 Å². The van der Waals surface area contributed by atoms with Gasteiger partial charge in [0.15, 0.2) is 0 Å². The molecule has 0 atom stereocenters. The molecule has 2 saturated heterocycles. The van der Waals surface area contributed by atoms with E-state index in [1.54, 1.807) is 11.1 Å². The van der Waals surface area contributed by atoms with Gasteiger partial charge in [-0.3, -0.25) is 9.59 Å². The van der Waals surface area contributed by atoms with Crippen LogP contribution < -0.4 is 0 Å². The first-order valence-electron chi connectivity index (χ1n) is 11.4. The lowest BCUT2D eigenvalue weighted by Gasteiger charge is -2.37. The number of fused-ring (bicyclic) bond motifs is 1. The van der Waals surface area contributed by atoms with Crippen molar-refractivity contribution in [3.8, 4) is 0 Å². The van der Waals surface area contributed by atoms with Crippen LogP contribution in [0.1, 0.15) is 47.5 Å². The average Bonchev–Trinajstić information content (AvgIpc) is 3.28. The van der Waals surface area contributed by atoms with Gasteiger partial charge in [-0.2, -0.15) is 0 Å². The van der Waals surface area contributed by atoms with Gasteiger partial charge in [-0.15, -0.1) is 0 Å². The third kappa shape index (κ3) is 3.99. The number of likely N-dealkylation sites (tertiary alicyclic amines) is 2. The first-order valence-corrected chi connectivity index (χ1v) is 11.4. The van der Waals surface area contributed by atoms with Gasteiger partial charge in [-0.25, -0.2) is 9.37 Å². The largest absolute Gasteiger partial charge is 0.346 e. The molecule has 0 aliphatic carbocycles. The van der Waals surface area contributed by atoms with Crippen LogP contribution in [0.4, 0.5) is 4.39 Å². The lowest BCUT2D eigenvalue weighted by molar-refractivity contribution is -0.138. The molecule has 0 unspecified atom stereocenters. The smallest absolute Gasteiger partial charge is 0.253 e. The topological polar surface area (TPSA) is 69.3 Å². The minimum Gasteiger partial charge on any atom is -0.346 e. The van der Waals surface area contributed by atoms with E-state index < -0.39 is 0 Å². The molecule has 0 radical (unpaired) electrons. The Labute approximate surface area is 186 Å². The first-order chi connectivity index (χ1) is 15.6. The lowest BCUT2D eigenvalue weighted by atomic mass is 9.88. The fourth-order valence-corrected chi connectivity index (χ4v) is 5.09. The van der Waals surface area contributed by atoms with Crippen LogP contribution in [0.5, 0.6) is 0 Å². The van der Waals surface area contributed by atoms with Crippen molar-refractivity contribution in [2.75, 3.05) is 26.2 Å². The fraction of sp³-hybridized carbons (Fsp3) is 0.400. The number of benzene rings is 1. The van der Waals surface area contributed by atoms with Crippen molar-refractivity contribution < 1.29 is 14.0 Å². The van der Waals surface area contributed by atoms with E-state index >= 15 is 0 Å². The van der Waals surface area contributed by atoms with E-state index in [4.69, 9.17) is 0 Å². The van der Waals surface area contributed by atoms with E-state index in [0.29, 0.717) is 37.4 Å². The van der Waals surface area contributed by atoms with E-state index in [1.165, 1.54) is 35.2 Å². The third-order valence-electron chi connectivity index (χ3n) is 6.95. The number of piperidine rings is 2. The molecule has 4 heterocycles. The van der Waals surface area contributed by atoms with Crippen LogP contribution in [0.2, 0.25) is 0 Å². The molecule has 5 rings (SSSR count). The highest BCUT2D eigenvalue weighted by Gasteiger charge is 2.33. The molecule has 32 heavy (non-hydrogen) atoms. The highest BCUT2D eigenvalue weighted by molar-refractivity contribution is 5.94. The Balaban J connectivity index is 1.14. The molecular formula is C25H27FN4O2. The van der Waals surface area contributed by atoms with E-state index in [9.17, 15) is 14.0 Å². The summed E-state index contributed by atoms with van der Waals surface area (Å²) in [6, 6.07) is 9.71. The SMILES string of the molecule is O=C(c1ccc(F)cc1)N1CCC(C(=O)N2CCC(c3c[nH]c4ncccc34)CC2)CC1. The lowest BCUT2D eigenvalue weighted by Crippen LogP contribution is -2.46. The minimum absolute atomic E-state index is 0.0268. The second-order valence-corrected chi connectivity index (χ2v) is 8.82. The van der Waals surface area contributed by atoms with Gasteiger partial charge < -0.3 is 14.8 Å². The molecule has 0 saturated carbocycles. The van der Waals surface area contributed by atoms with Gasteiger partial charge in [-0.05, 0) is 73.6 Å². The maximum atomic E-state index is 13.1. The number of aromatic nitrogens is 2. The molecule has 6 nitrogen and oxygen atoms in total. The molecule has 2 aromatic heterocycles. The molecule has 0 spiro atoms. The van der Waals surface area contributed by atoms with Crippen LogP contribution in [0.3, 0.4) is 0 Å². The van der Waals surface area contributed by atoms with Gasteiger partial charge >= 0.3 is 0 Å². The summed E-state index contributed by atoms with van der Waals surface area (Å²) >= 11 is 0. The number of carbonyl (C=O) groups excluding carboxylic acids is 2. The van der Waals surface area contributed by atoms with Crippen LogP contribution in [0.25, 0.3) is 11.0 Å². The van der Waals surface area contributed by atoms with Crippen LogP contribution in [-0.4, -0.2) is 57.8 Å². The summed E-state index contributed by atoms with van der Waals surface area (Å²) in [5, 5.41) is 1.18. The maximum Gasteiger partial charge on any atom is 0.253 e. The summed E-state index contributed by atoms with van der Waals surface area (Å²) < 4.78 is 13.1. The average molecular weight is 435 g/mol. The van der Waals surface area contributed by atoms with Gasteiger partial charge in [0.05, 0.1) is 0 Å². The van der Waals surface area contributed by atoms with Crippen molar-refractivity contribution in [3.63, 3.8) is 0 Å². The molecule has 0 bridgehead atoms. The number of halogens is 1. The predicted octanol–water partition coefficient (Wildman–Crippen LogP) is 3.96. The molecule has 2 fully saturated rings. The number of hydrogen-bond donors (Lipinski definition) is 1. The van der Waals surface area contributed by atoms with Crippen molar-refractivity contribution in [2.45, 2.75) is 31.6 Å². The Kier molecular flexibility index (Phi) is 5.64. The normalized spacial score (nSPS) is 18.3. The summed E-state index contributed by atoms with van der Waals surface area (Å²) in [4.78, 5) is 37.2. The van der Waals surface area contributed by atoms with Crippen molar-refractivity contribution in [1.82, 2.24) is 19.8 Å². The van der Waals surface area contributed by atoms with Gasteiger partial charge in [0.1, 0.15) is 11.5 Å². The number of rotatable bonds is 3. The number of amides is 2. The molecule has 1 N–H and O–H groups in total. The molecule has 2 aliphatic heterocycles. The Morgan fingerprint density at radius 2 is 1.62 bits per heavy atom. The quantitative estimate of drug-likeness (QED) is 0.678. The number of carbonyl (C=O) groups is 2. The van der Waals surface area contributed by atoms with E-state index in [1.807, 2.05) is 11.0 Å². The van der Waals surface area contributed by atoms with Crippen molar-refractivity contribution in [1.29, 1.82) is 0 Å². The molecule has 166 valence electrons. The van der Waals surface area contributed by atoms with Gasteiger partial charge in [-0.1, -0.05) is 0 Å². The number of H-pyrrole nitrogens is 1. The molecule has 7 heteroatoms. The number of nitrogens with zero attached hydrogens (tertiary/aromatic N) is 3. The van der Waals surface area contributed by atoms with E-state index in [2.05, 4.69) is 22.2 Å². The Hall–Kier alpha value is -3.22. The maximum absolute atomic E-state index is 13.1. The highest BCUT2D eigenvalue weighted by atomic mass is 19.1. The molecule has 2 amide bonds. The zero-order valence-electron chi connectivity index (χ0n) is 18.0. The molecule has 2 aliphatic rings. The Bertz CT molecular complexity index is 1110.